The van der Waals surface area contributed by atoms with Gasteiger partial charge in [0, 0.05) is 18.4 Å². The summed E-state index contributed by atoms with van der Waals surface area (Å²) < 4.78 is 5.72. The number of aromatic nitrogens is 1. The van der Waals surface area contributed by atoms with Gasteiger partial charge in [-0.15, -0.1) is 0 Å². The number of benzene rings is 2. The highest BCUT2D eigenvalue weighted by molar-refractivity contribution is 6.03. The molecule has 3 rings (SSSR count). The molecule has 0 fully saturated rings. The first-order chi connectivity index (χ1) is 10.1. The predicted octanol–water partition coefficient (Wildman–Crippen LogP) is 3.66. The maximum absolute atomic E-state index is 11.4. The van der Waals surface area contributed by atoms with Crippen LogP contribution in [0.3, 0.4) is 0 Å². The highest BCUT2D eigenvalue weighted by atomic mass is 16.5. The van der Waals surface area contributed by atoms with Gasteiger partial charge in [-0.3, -0.25) is 4.79 Å². The fourth-order valence-electron chi connectivity index (χ4n) is 2.25. The van der Waals surface area contributed by atoms with Crippen LogP contribution in [0.15, 0.2) is 48.5 Å². The van der Waals surface area contributed by atoms with Crippen molar-refractivity contribution < 1.29 is 14.6 Å². The minimum Gasteiger partial charge on any atom is -0.505 e. The topological polar surface area (TPSA) is 62.3 Å². The van der Waals surface area contributed by atoms with Crippen molar-refractivity contribution in [3.8, 4) is 11.5 Å². The lowest BCUT2D eigenvalue weighted by molar-refractivity contribution is 0.101. The SMILES string of the molecule is CC(=O)c1[nH]c2cc(OCc3ccccc3)ccc2c1O. The van der Waals surface area contributed by atoms with Crippen LogP contribution < -0.4 is 4.74 Å². The van der Waals surface area contributed by atoms with Crippen molar-refractivity contribution in [1.29, 1.82) is 0 Å². The second-order valence-electron chi connectivity index (χ2n) is 4.89. The molecule has 0 unspecified atom stereocenters. The number of nitrogens with one attached hydrogen (secondary N) is 1. The van der Waals surface area contributed by atoms with E-state index in [1.165, 1.54) is 6.92 Å². The van der Waals surface area contributed by atoms with Crippen LogP contribution in [0.25, 0.3) is 10.9 Å². The molecule has 2 N–H and O–H groups in total. The maximum Gasteiger partial charge on any atom is 0.179 e. The molecule has 4 nitrogen and oxygen atoms in total. The Hall–Kier alpha value is -2.75. The zero-order chi connectivity index (χ0) is 14.8. The fraction of sp³-hybridized carbons (Fsp3) is 0.118. The number of aromatic hydroxyl groups is 1. The molecular formula is C17H15NO3. The van der Waals surface area contributed by atoms with Crippen LogP contribution in [0.1, 0.15) is 23.0 Å². The van der Waals surface area contributed by atoms with E-state index in [4.69, 9.17) is 4.74 Å². The lowest BCUT2D eigenvalue weighted by atomic mass is 10.2. The third-order valence-corrected chi connectivity index (χ3v) is 3.34. The number of ketones is 1. The summed E-state index contributed by atoms with van der Waals surface area (Å²) in [5.41, 5.74) is 1.99. The van der Waals surface area contributed by atoms with E-state index in [1.807, 2.05) is 30.3 Å². The number of Topliss-reactive ketones (excluding diaryl/α,β-unsaturated/α-hetero) is 1. The molecule has 106 valence electrons. The van der Waals surface area contributed by atoms with Gasteiger partial charge in [-0.05, 0) is 17.7 Å². The van der Waals surface area contributed by atoms with Crippen LogP contribution in [-0.4, -0.2) is 15.9 Å². The Labute approximate surface area is 122 Å². The third kappa shape index (κ3) is 2.60. The molecule has 0 aliphatic heterocycles. The molecule has 0 aliphatic rings. The normalized spacial score (nSPS) is 10.7. The molecule has 0 spiro atoms. The van der Waals surface area contributed by atoms with Gasteiger partial charge in [-0.25, -0.2) is 0 Å². The van der Waals surface area contributed by atoms with E-state index in [1.54, 1.807) is 18.2 Å². The van der Waals surface area contributed by atoms with Crippen molar-refractivity contribution in [2.24, 2.45) is 0 Å². The van der Waals surface area contributed by atoms with Gasteiger partial charge in [0.15, 0.2) is 11.5 Å². The highest BCUT2D eigenvalue weighted by Gasteiger charge is 2.14. The van der Waals surface area contributed by atoms with Gasteiger partial charge in [-0.2, -0.15) is 0 Å². The number of aromatic amines is 1. The van der Waals surface area contributed by atoms with Gasteiger partial charge in [0.05, 0.1) is 5.52 Å². The first-order valence-electron chi connectivity index (χ1n) is 6.67. The fourth-order valence-corrected chi connectivity index (χ4v) is 2.25. The summed E-state index contributed by atoms with van der Waals surface area (Å²) in [6.45, 7) is 1.88. The minimum atomic E-state index is -0.199. The molecule has 1 aromatic heterocycles. The van der Waals surface area contributed by atoms with Crippen molar-refractivity contribution in [2.75, 3.05) is 0 Å². The monoisotopic (exact) mass is 281 g/mol. The van der Waals surface area contributed by atoms with Crippen molar-refractivity contribution in [2.45, 2.75) is 13.5 Å². The highest BCUT2D eigenvalue weighted by Crippen LogP contribution is 2.31. The number of hydrogen-bond acceptors (Lipinski definition) is 3. The molecule has 0 saturated heterocycles. The smallest absolute Gasteiger partial charge is 0.179 e. The average molecular weight is 281 g/mol. The number of H-pyrrole nitrogens is 1. The van der Waals surface area contributed by atoms with Crippen LogP contribution in [0.4, 0.5) is 0 Å². The summed E-state index contributed by atoms with van der Waals surface area (Å²) in [6, 6.07) is 15.2. The Bertz CT molecular complexity index is 790. The van der Waals surface area contributed by atoms with Crippen molar-refractivity contribution in [3.05, 3.63) is 59.8 Å². The van der Waals surface area contributed by atoms with Crippen LogP contribution >= 0.6 is 0 Å². The van der Waals surface area contributed by atoms with Gasteiger partial charge < -0.3 is 14.8 Å². The lowest BCUT2D eigenvalue weighted by Gasteiger charge is -2.06. The molecule has 0 bridgehead atoms. The first kappa shape index (κ1) is 13.2. The Morgan fingerprint density at radius 3 is 2.67 bits per heavy atom. The van der Waals surface area contributed by atoms with Gasteiger partial charge in [-0.1, -0.05) is 30.3 Å². The second kappa shape index (κ2) is 5.32. The van der Waals surface area contributed by atoms with Crippen molar-refractivity contribution in [1.82, 2.24) is 4.98 Å². The molecule has 0 aliphatic carbocycles. The third-order valence-electron chi connectivity index (χ3n) is 3.34. The van der Waals surface area contributed by atoms with Gasteiger partial charge >= 0.3 is 0 Å². The summed E-state index contributed by atoms with van der Waals surface area (Å²) in [4.78, 5) is 14.3. The number of rotatable bonds is 4. The van der Waals surface area contributed by atoms with Gasteiger partial charge in [0.2, 0.25) is 0 Å². The maximum atomic E-state index is 11.4. The Kier molecular flexibility index (Phi) is 3.36. The summed E-state index contributed by atoms with van der Waals surface area (Å²) in [6.07, 6.45) is 0. The van der Waals surface area contributed by atoms with Crippen LogP contribution in [0, 0.1) is 0 Å². The zero-order valence-electron chi connectivity index (χ0n) is 11.6. The summed E-state index contributed by atoms with van der Waals surface area (Å²) in [5, 5.41) is 10.6. The van der Waals surface area contributed by atoms with E-state index >= 15 is 0 Å². The second-order valence-corrected chi connectivity index (χ2v) is 4.89. The van der Waals surface area contributed by atoms with E-state index in [0.29, 0.717) is 23.3 Å². The van der Waals surface area contributed by atoms with Crippen LogP contribution in [0.5, 0.6) is 11.5 Å². The zero-order valence-corrected chi connectivity index (χ0v) is 11.6. The quantitative estimate of drug-likeness (QED) is 0.717. The lowest BCUT2D eigenvalue weighted by Crippen LogP contribution is -1.94. The van der Waals surface area contributed by atoms with E-state index in [2.05, 4.69) is 4.98 Å². The predicted molar refractivity (Wildman–Crippen MR) is 80.7 cm³/mol. The molecule has 21 heavy (non-hydrogen) atoms. The number of fused-ring (bicyclic) bond motifs is 1. The number of carbonyl (C=O) groups is 1. The van der Waals surface area contributed by atoms with Crippen LogP contribution in [-0.2, 0) is 6.61 Å². The van der Waals surface area contributed by atoms with Gasteiger partial charge in [0.25, 0.3) is 0 Å². The van der Waals surface area contributed by atoms with E-state index in [-0.39, 0.29) is 17.2 Å². The number of hydrogen-bond donors (Lipinski definition) is 2. The standard InChI is InChI=1S/C17H15NO3/c1-11(19)16-17(20)14-8-7-13(9-15(14)18-16)21-10-12-5-3-2-4-6-12/h2-9,18,20H,10H2,1H3. The molecule has 0 atom stereocenters. The molecule has 3 aromatic rings. The summed E-state index contributed by atoms with van der Waals surface area (Å²) >= 11 is 0. The minimum absolute atomic E-state index is 0.00731. The Morgan fingerprint density at radius 1 is 1.19 bits per heavy atom. The van der Waals surface area contributed by atoms with E-state index < -0.39 is 0 Å². The average Bonchev–Trinajstić information content (AvgIpc) is 2.83. The molecule has 2 aromatic carbocycles. The molecule has 4 heteroatoms. The molecule has 0 amide bonds. The number of carbonyl (C=O) groups excluding carboxylic acids is 1. The van der Waals surface area contributed by atoms with Crippen molar-refractivity contribution >= 4 is 16.7 Å². The Balaban J connectivity index is 1.86. The molecule has 1 heterocycles. The number of ether oxygens (including phenoxy) is 1. The molecule has 0 saturated carbocycles. The summed E-state index contributed by atoms with van der Waals surface area (Å²) in [5.74, 6) is 0.477. The Morgan fingerprint density at radius 2 is 1.95 bits per heavy atom. The first-order valence-corrected chi connectivity index (χ1v) is 6.67. The summed E-state index contributed by atoms with van der Waals surface area (Å²) in [7, 11) is 0. The van der Waals surface area contributed by atoms with E-state index in [9.17, 15) is 9.90 Å². The van der Waals surface area contributed by atoms with Gasteiger partial charge in [0.1, 0.15) is 18.1 Å². The van der Waals surface area contributed by atoms with Crippen LogP contribution in [0.2, 0.25) is 0 Å². The largest absolute Gasteiger partial charge is 0.505 e. The molecular weight excluding hydrogens is 266 g/mol. The molecule has 0 radical (unpaired) electrons. The van der Waals surface area contributed by atoms with Crippen molar-refractivity contribution in [3.63, 3.8) is 0 Å². The van der Waals surface area contributed by atoms with E-state index in [0.717, 1.165) is 5.56 Å².